The number of hydrogen-bond donors (Lipinski definition) is 2. The molecule has 5 rings (SSSR count). The number of hydrogen-bond acceptors (Lipinski definition) is 6. The molecule has 1 saturated carbocycles. The molecule has 1 aliphatic carbocycles. The largest absolute Gasteiger partial charge is 0.372 e. The molecule has 172 valence electrons. The van der Waals surface area contributed by atoms with Gasteiger partial charge in [0.1, 0.15) is 0 Å². The first-order valence-corrected chi connectivity index (χ1v) is 12.5. The van der Waals surface area contributed by atoms with E-state index < -0.39 is 0 Å². The summed E-state index contributed by atoms with van der Waals surface area (Å²) in [4.78, 5) is 19.9. The second-order valence-electron chi connectivity index (χ2n) is 9.11. The topological polar surface area (TPSA) is 66.5 Å². The van der Waals surface area contributed by atoms with Crippen LogP contribution in [0.5, 0.6) is 0 Å². The molecule has 2 fully saturated rings. The number of thiazole rings is 1. The number of carbonyl (C=O) groups excluding carboxylic acids is 1. The molecule has 6 nitrogen and oxygen atoms in total. The average Bonchev–Trinajstić information content (AvgIpc) is 3.52. The van der Waals surface area contributed by atoms with E-state index in [-0.39, 0.29) is 18.1 Å². The zero-order chi connectivity index (χ0) is 22.8. The van der Waals surface area contributed by atoms with Crippen LogP contribution < -0.4 is 15.5 Å². The van der Waals surface area contributed by atoms with Gasteiger partial charge in [-0.05, 0) is 69.0 Å². The first kappa shape index (κ1) is 21.9. The van der Waals surface area contributed by atoms with E-state index in [2.05, 4.69) is 34.8 Å². The molecule has 1 aliphatic heterocycles. The van der Waals surface area contributed by atoms with Crippen molar-refractivity contribution in [1.82, 2.24) is 4.98 Å². The molecule has 0 bridgehead atoms. The fourth-order valence-corrected chi connectivity index (χ4v) is 4.94. The van der Waals surface area contributed by atoms with Crippen molar-refractivity contribution in [2.75, 3.05) is 35.2 Å². The number of carbonyl (C=O) groups is 1. The van der Waals surface area contributed by atoms with Gasteiger partial charge < -0.3 is 20.3 Å². The predicted molar refractivity (Wildman–Crippen MR) is 135 cm³/mol. The predicted octanol–water partition coefficient (Wildman–Crippen LogP) is 5.50. The summed E-state index contributed by atoms with van der Waals surface area (Å²) in [6.07, 6.45) is 3.04. The van der Waals surface area contributed by atoms with Gasteiger partial charge in [-0.15, -0.1) is 11.3 Å². The Bertz CT molecular complexity index is 1100. The zero-order valence-electron chi connectivity index (χ0n) is 19.1. The second-order valence-corrected chi connectivity index (χ2v) is 9.96. The first-order chi connectivity index (χ1) is 16.0. The van der Waals surface area contributed by atoms with Gasteiger partial charge in [0.05, 0.1) is 17.9 Å². The fraction of sp³-hybridized carbons (Fsp3) is 0.385. The van der Waals surface area contributed by atoms with Gasteiger partial charge in [-0.2, -0.15) is 0 Å². The standard InChI is InChI=1S/C26H30N4O2S/c1-17-14-30(15-18(2)32-17)23-10-8-20(9-11-23)25(31)28-22-5-3-4-21(12-22)24-16-33-26(29-24)27-13-19-6-7-19/h3-5,8-12,16-19H,6-7,13-15H2,1-2H3,(H,27,29)(H,28,31)/t17-,18+. The average molecular weight is 463 g/mol. The first-order valence-electron chi connectivity index (χ1n) is 11.6. The van der Waals surface area contributed by atoms with Gasteiger partial charge in [0.2, 0.25) is 0 Å². The van der Waals surface area contributed by atoms with Crippen LogP contribution in [0.15, 0.2) is 53.9 Å². The van der Waals surface area contributed by atoms with E-state index in [0.717, 1.165) is 53.3 Å². The monoisotopic (exact) mass is 462 g/mol. The van der Waals surface area contributed by atoms with Crippen molar-refractivity contribution in [2.24, 2.45) is 5.92 Å². The van der Waals surface area contributed by atoms with E-state index in [4.69, 9.17) is 9.72 Å². The Kier molecular flexibility index (Phi) is 6.33. The number of aromatic nitrogens is 1. The van der Waals surface area contributed by atoms with Crippen LogP contribution in [-0.2, 0) is 4.74 Å². The van der Waals surface area contributed by atoms with Gasteiger partial charge in [0.25, 0.3) is 5.91 Å². The van der Waals surface area contributed by atoms with Crippen molar-refractivity contribution in [3.8, 4) is 11.3 Å². The molecule has 0 unspecified atom stereocenters. The molecule has 1 aromatic heterocycles. The van der Waals surface area contributed by atoms with Crippen molar-refractivity contribution in [2.45, 2.75) is 38.9 Å². The summed E-state index contributed by atoms with van der Waals surface area (Å²) in [5.74, 6) is 0.693. The highest BCUT2D eigenvalue weighted by Crippen LogP contribution is 2.31. The molecule has 2 N–H and O–H groups in total. The normalized spacial score (nSPS) is 20.5. The summed E-state index contributed by atoms with van der Waals surface area (Å²) in [6, 6.07) is 15.7. The lowest BCUT2D eigenvalue weighted by molar-refractivity contribution is -0.00522. The van der Waals surface area contributed by atoms with Gasteiger partial charge >= 0.3 is 0 Å². The molecule has 2 aliphatic rings. The highest BCUT2D eigenvalue weighted by atomic mass is 32.1. The lowest BCUT2D eigenvalue weighted by atomic mass is 10.1. The Labute approximate surface area is 199 Å². The summed E-state index contributed by atoms with van der Waals surface area (Å²) < 4.78 is 5.82. The van der Waals surface area contributed by atoms with Crippen LogP contribution in [0.2, 0.25) is 0 Å². The molecule has 1 amide bonds. The second kappa shape index (κ2) is 9.53. The highest BCUT2D eigenvalue weighted by molar-refractivity contribution is 7.14. The zero-order valence-corrected chi connectivity index (χ0v) is 19.9. The van der Waals surface area contributed by atoms with Crippen LogP contribution in [0.3, 0.4) is 0 Å². The van der Waals surface area contributed by atoms with Crippen molar-refractivity contribution in [3.63, 3.8) is 0 Å². The van der Waals surface area contributed by atoms with E-state index in [0.29, 0.717) is 5.56 Å². The lowest BCUT2D eigenvalue weighted by Crippen LogP contribution is -2.45. The Morgan fingerprint density at radius 1 is 1.12 bits per heavy atom. The molecule has 2 heterocycles. The van der Waals surface area contributed by atoms with E-state index >= 15 is 0 Å². The van der Waals surface area contributed by atoms with Gasteiger partial charge in [-0.3, -0.25) is 4.79 Å². The lowest BCUT2D eigenvalue weighted by Gasteiger charge is -2.36. The van der Waals surface area contributed by atoms with Crippen molar-refractivity contribution in [3.05, 3.63) is 59.5 Å². The SMILES string of the molecule is C[C@@H]1CN(c2ccc(C(=O)Nc3cccc(-c4csc(NCC5CC5)n4)c3)cc2)C[C@H](C)O1. The Balaban J connectivity index is 1.22. The number of nitrogens with zero attached hydrogens (tertiary/aromatic N) is 2. The van der Waals surface area contributed by atoms with Crippen molar-refractivity contribution in [1.29, 1.82) is 0 Å². The third kappa shape index (κ3) is 5.54. The number of morpholine rings is 1. The molecular formula is C26H30N4O2S. The molecule has 3 aromatic rings. The Hall–Kier alpha value is -2.90. The number of benzene rings is 2. The number of rotatable bonds is 7. The molecule has 33 heavy (non-hydrogen) atoms. The molecule has 2 aromatic carbocycles. The van der Waals surface area contributed by atoms with Gasteiger partial charge in [-0.1, -0.05) is 12.1 Å². The highest BCUT2D eigenvalue weighted by Gasteiger charge is 2.23. The van der Waals surface area contributed by atoms with Crippen LogP contribution >= 0.6 is 11.3 Å². The summed E-state index contributed by atoms with van der Waals surface area (Å²) >= 11 is 1.62. The molecule has 0 spiro atoms. The minimum absolute atomic E-state index is 0.118. The van der Waals surface area contributed by atoms with Crippen LogP contribution in [0.25, 0.3) is 11.3 Å². The number of ether oxygens (including phenoxy) is 1. The summed E-state index contributed by atoms with van der Waals surface area (Å²) in [5.41, 5.74) is 4.43. The van der Waals surface area contributed by atoms with Crippen LogP contribution in [0.1, 0.15) is 37.0 Å². The number of nitrogens with one attached hydrogen (secondary N) is 2. The maximum absolute atomic E-state index is 12.8. The van der Waals surface area contributed by atoms with Crippen molar-refractivity contribution >= 4 is 33.8 Å². The molecular weight excluding hydrogens is 432 g/mol. The van der Waals surface area contributed by atoms with Crippen LogP contribution in [-0.4, -0.2) is 42.7 Å². The summed E-state index contributed by atoms with van der Waals surface area (Å²) in [6.45, 7) is 6.91. The summed E-state index contributed by atoms with van der Waals surface area (Å²) in [5, 5.41) is 9.46. The van der Waals surface area contributed by atoms with Gasteiger partial charge in [-0.25, -0.2) is 4.98 Å². The molecule has 7 heteroatoms. The van der Waals surface area contributed by atoms with Crippen LogP contribution in [0, 0.1) is 5.92 Å². The van der Waals surface area contributed by atoms with E-state index in [1.807, 2.05) is 48.5 Å². The quantitative estimate of drug-likeness (QED) is 0.485. The minimum Gasteiger partial charge on any atom is -0.372 e. The third-order valence-electron chi connectivity index (χ3n) is 6.07. The maximum Gasteiger partial charge on any atom is 0.255 e. The van der Waals surface area contributed by atoms with Gasteiger partial charge in [0, 0.05) is 47.5 Å². The van der Waals surface area contributed by atoms with Crippen molar-refractivity contribution < 1.29 is 9.53 Å². The Morgan fingerprint density at radius 3 is 2.61 bits per heavy atom. The van der Waals surface area contributed by atoms with Gasteiger partial charge in [0.15, 0.2) is 5.13 Å². The summed E-state index contributed by atoms with van der Waals surface area (Å²) in [7, 11) is 0. The number of anilines is 3. The number of amides is 1. The third-order valence-corrected chi connectivity index (χ3v) is 6.87. The van der Waals surface area contributed by atoms with E-state index in [1.54, 1.807) is 11.3 Å². The fourth-order valence-electron chi connectivity index (χ4n) is 4.21. The Morgan fingerprint density at radius 2 is 1.88 bits per heavy atom. The van der Waals surface area contributed by atoms with E-state index in [9.17, 15) is 4.79 Å². The smallest absolute Gasteiger partial charge is 0.255 e. The molecule has 1 saturated heterocycles. The maximum atomic E-state index is 12.8. The van der Waals surface area contributed by atoms with Crippen LogP contribution in [0.4, 0.5) is 16.5 Å². The molecule has 2 atom stereocenters. The molecule has 0 radical (unpaired) electrons. The minimum atomic E-state index is -0.118. The van der Waals surface area contributed by atoms with E-state index in [1.165, 1.54) is 12.8 Å².